The largest absolute Gasteiger partial charge is 0.497 e. The molecule has 2 nitrogen and oxygen atoms in total. The van der Waals surface area contributed by atoms with E-state index in [-0.39, 0.29) is 5.56 Å². The second-order valence-electron chi connectivity index (χ2n) is 3.15. The van der Waals surface area contributed by atoms with Crippen LogP contribution in [-0.4, -0.2) is 13.9 Å². The van der Waals surface area contributed by atoms with Gasteiger partial charge in [-0.15, -0.1) is 0 Å². The fourth-order valence-electron chi connectivity index (χ4n) is 1.17. The number of halogens is 4. The smallest absolute Gasteiger partial charge is 0.219 e. The van der Waals surface area contributed by atoms with Gasteiger partial charge in [0, 0.05) is 4.47 Å². The lowest BCUT2D eigenvalue weighted by Crippen LogP contribution is -2.27. The maximum absolute atomic E-state index is 12.3. The Morgan fingerprint density at radius 3 is 2.19 bits per heavy atom. The standard InChI is InChI=1S/C9H8BrF3O2S/c1-6(16(14,15)9(11,12)13)7-4-2-3-5-8(7)10/h2-6H,1H3. The average molecular weight is 317 g/mol. The maximum Gasteiger partial charge on any atom is 0.497 e. The Morgan fingerprint density at radius 2 is 1.75 bits per heavy atom. The molecule has 0 aliphatic carbocycles. The summed E-state index contributed by atoms with van der Waals surface area (Å²) >= 11 is 3.02. The Bertz CT molecular complexity index is 482. The number of benzene rings is 1. The molecule has 1 atom stereocenters. The van der Waals surface area contributed by atoms with Gasteiger partial charge < -0.3 is 0 Å². The molecule has 0 spiro atoms. The van der Waals surface area contributed by atoms with Crippen LogP contribution < -0.4 is 0 Å². The lowest BCUT2D eigenvalue weighted by molar-refractivity contribution is -0.0443. The number of hydrogen-bond donors (Lipinski definition) is 0. The van der Waals surface area contributed by atoms with Crippen LogP contribution in [0.25, 0.3) is 0 Å². The van der Waals surface area contributed by atoms with Crippen LogP contribution in [0.3, 0.4) is 0 Å². The van der Waals surface area contributed by atoms with Crippen molar-refractivity contribution in [2.24, 2.45) is 0 Å². The molecule has 0 aliphatic heterocycles. The highest BCUT2D eigenvalue weighted by Gasteiger charge is 2.49. The SMILES string of the molecule is CC(c1ccccc1Br)S(=O)(=O)C(F)(F)F. The predicted molar refractivity (Wildman–Crippen MR) is 57.5 cm³/mol. The fraction of sp³-hybridized carbons (Fsp3) is 0.333. The quantitative estimate of drug-likeness (QED) is 0.837. The van der Waals surface area contributed by atoms with Crippen LogP contribution in [-0.2, 0) is 9.84 Å². The van der Waals surface area contributed by atoms with E-state index in [9.17, 15) is 21.6 Å². The van der Waals surface area contributed by atoms with E-state index in [0.717, 1.165) is 6.92 Å². The molecule has 0 bridgehead atoms. The Balaban J connectivity index is 3.24. The molecular formula is C9H8BrF3O2S. The van der Waals surface area contributed by atoms with Gasteiger partial charge in [-0.05, 0) is 18.6 Å². The second kappa shape index (κ2) is 4.37. The molecule has 1 unspecified atom stereocenters. The summed E-state index contributed by atoms with van der Waals surface area (Å²) in [5.41, 5.74) is -5.14. The van der Waals surface area contributed by atoms with E-state index in [1.165, 1.54) is 18.2 Å². The van der Waals surface area contributed by atoms with Crippen LogP contribution in [0.5, 0.6) is 0 Å². The zero-order valence-corrected chi connectivity index (χ0v) is 10.5. The third-order valence-electron chi connectivity index (χ3n) is 2.13. The van der Waals surface area contributed by atoms with Gasteiger partial charge in [-0.1, -0.05) is 34.1 Å². The first-order chi connectivity index (χ1) is 7.18. The molecule has 0 aromatic heterocycles. The first-order valence-electron chi connectivity index (χ1n) is 4.22. The molecular weight excluding hydrogens is 309 g/mol. The highest BCUT2D eigenvalue weighted by Crippen LogP contribution is 2.37. The molecule has 0 aliphatic rings. The number of hydrogen-bond acceptors (Lipinski definition) is 2. The van der Waals surface area contributed by atoms with E-state index in [1.54, 1.807) is 6.07 Å². The third kappa shape index (κ3) is 2.40. The van der Waals surface area contributed by atoms with Crippen LogP contribution >= 0.6 is 15.9 Å². The third-order valence-corrected chi connectivity index (χ3v) is 4.68. The summed E-state index contributed by atoms with van der Waals surface area (Å²) in [7, 11) is -5.18. The van der Waals surface area contributed by atoms with Gasteiger partial charge in [-0.3, -0.25) is 0 Å². The van der Waals surface area contributed by atoms with Gasteiger partial charge >= 0.3 is 5.51 Å². The fourth-order valence-corrected chi connectivity index (χ4v) is 2.89. The van der Waals surface area contributed by atoms with E-state index >= 15 is 0 Å². The van der Waals surface area contributed by atoms with Crippen molar-refractivity contribution in [2.45, 2.75) is 17.7 Å². The summed E-state index contributed by atoms with van der Waals surface area (Å²) in [6.45, 7) is 1.02. The molecule has 1 aromatic carbocycles. The monoisotopic (exact) mass is 316 g/mol. The molecule has 1 rings (SSSR count). The van der Waals surface area contributed by atoms with Gasteiger partial charge in [-0.2, -0.15) is 13.2 Å². The number of rotatable bonds is 2. The van der Waals surface area contributed by atoms with Gasteiger partial charge in [0.2, 0.25) is 0 Å². The van der Waals surface area contributed by atoms with Crippen molar-refractivity contribution in [3.8, 4) is 0 Å². The molecule has 16 heavy (non-hydrogen) atoms. The summed E-state index contributed by atoms with van der Waals surface area (Å²) in [5.74, 6) is 0. The minimum absolute atomic E-state index is 0.0971. The molecule has 0 heterocycles. The molecule has 1 aromatic rings. The maximum atomic E-state index is 12.3. The molecule has 0 saturated carbocycles. The number of alkyl halides is 3. The van der Waals surface area contributed by atoms with E-state index in [2.05, 4.69) is 15.9 Å². The highest BCUT2D eigenvalue weighted by atomic mass is 79.9. The lowest BCUT2D eigenvalue weighted by atomic mass is 10.2. The second-order valence-corrected chi connectivity index (χ2v) is 6.27. The van der Waals surface area contributed by atoms with Crippen molar-refractivity contribution in [3.63, 3.8) is 0 Å². The highest BCUT2D eigenvalue weighted by molar-refractivity contribution is 9.10. The average Bonchev–Trinajstić information content (AvgIpc) is 2.15. The topological polar surface area (TPSA) is 34.1 Å². The molecule has 7 heteroatoms. The summed E-state index contributed by atoms with van der Waals surface area (Å²) in [5, 5.41) is -1.62. The first kappa shape index (κ1) is 13.5. The van der Waals surface area contributed by atoms with Crippen LogP contribution in [0.4, 0.5) is 13.2 Å². The Hall–Kier alpha value is -0.560. The zero-order chi connectivity index (χ0) is 12.6. The molecule has 0 radical (unpaired) electrons. The van der Waals surface area contributed by atoms with Gasteiger partial charge in [0.25, 0.3) is 9.84 Å². The van der Waals surface area contributed by atoms with Crippen molar-refractivity contribution in [3.05, 3.63) is 34.3 Å². The Kier molecular flexibility index (Phi) is 3.69. The summed E-state index contributed by atoms with van der Waals surface area (Å²) < 4.78 is 59.6. The summed E-state index contributed by atoms with van der Waals surface area (Å²) in [4.78, 5) is 0. The predicted octanol–water partition coefficient (Wildman–Crippen LogP) is 3.44. The van der Waals surface area contributed by atoms with Crippen molar-refractivity contribution < 1.29 is 21.6 Å². The Labute approximate surface area is 99.5 Å². The van der Waals surface area contributed by atoms with Crippen LogP contribution in [0.1, 0.15) is 17.7 Å². The van der Waals surface area contributed by atoms with Crippen molar-refractivity contribution >= 4 is 25.8 Å². The Morgan fingerprint density at radius 1 is 1.25 bits per heavy atom. The molecule has 0 N–H and O–H groups in total. The van der Waals surface area contributed by atoms with Gasteiger partial charge in [0.1, 0.15) is 0 Å². The van der Waals surface area contributed by atoms with E-state index in [1.807, 2.05) is 0 Å². The minimum Gasteiger partial charge on any atom is -0.219 e. The normalized spacial score (nSPS) is 14.8. The zero-order valence-electron chi connectivity index (χ0n) is 8.12. The summed E-state index contributed by atoms with van der Waals surface area (Å²) in [6.07, 6.45) is 0. The van der Waals surface area contributed by atoms with Crippen molar-refractivity contribution in [1.29, 1.82) is 0 Å². The van der Waals surface area contributed by atoms with Crippen LogP contribution in [0.15, 0.2) is 28.7 Å². The lowest BCUT2D eigenvalue weighted by Gasteiger charge is -2.16. The first-order valence-corrected chi connectivity index (χ1v) is 6.56. The molecule has 0 amide bonds. The minimum atomic E-state index is -5.23. The molecule has 90 valence electrons. The molecule has 0 saturated heterocycles. The molecule has 0 fully saturated rings. The van der Waals surface area contributed by atoms with Crippen molar-refractivity contribution in [1.82, 2.24) is 0 Å². The number of sulfone groups is 1. The van der Waals surface area contributed by atoms with Crippen LogP contribution in [0.2, 0.25) is 0 Å². The van der Waals surface area contributed by atoms with E-state index < -0.39 is 20.6 Å². The van der Waals surface area contributed by atoms with E-state index in [4.69, 9.17) is 0 Å². The van der Waals surface area contributed by atoms with Gasteiger partial charge in [0.15, 0.2) is 0 Å². The van der Waals surface area contributed by atoms with Crippen molar-refractivity contribution in [2.75, 3.05) is 0 Å². The van der Waals surface area contributed by atoms with E-state index in [0.29, 0.717) is 4.47 Å². The summed E-state index contributed by atoms with van der Waals surface area (Å²) in [6, 6.07) is 5.93. The van der Waals surface area contributed by atoms with Crippen LogP contribution in [0, 0.1) is 0 Å². The van der Waals surface area contributed by atoms with Gasteiger partial charge in [0.05, 0.1) is 5.25 Å². The van der Waals surface area contributed by atoms with Gasteiger partial charge in [-0.25, -0.2) is 8.42 Å².